The summed E-state index contributed by atoms with van der Waals surface area (Å²) in [4.78, 5) is 12.0. The molecule has 0 spiro atoms. The van der Waals surface area contributed by atoms with Crippen LogP contribution in [0.3, 0.4) is 0 Å². The minimum atomic E-state index is -1.56. The summed E-state index contributed by atoms with van der Waals surface area (Å²) in [6.07, 6.45) is 2.04. The van der Waals surface area contributed by atoms with Gasteiger partial charge in [-0.25, -0.2) is 4.79 Å². The average molecular weight is 352 g/mol. The van der Waals surface area contributed by atoms with Gasteiger partial charge in [0.2, 0.25) is 0 Å². The molecule has 2 atom stereocenters. The maximum Gasteiger partial charge on any atom is 0.349 e. The Labute approximate surface area is 140 Å². The number of hydrogen-bond donors (Lipinski definition) is 2. The molecule has 0 aromatic heterocycles. The number of hydrogen-bond acceptors (Lipinski definition) is 5. The summed E-state index contributed by atoms with van der Waals surface area (Å²) in [6.45, 7) is 10.3. The molecule has 2 unspecified atom stereocenters. The molecule has 0 saturated heterocycles. The Hall–Kier alpha value is -0.540. The highest BCUT2D eigenvalue weighted by molar-refractivity contribution is 7.85. The minimum absolute atomic E-state index is 0.0712. The van der Waals surface area contributed by atoms with Gasteiger partial charge in [0, 0.05) is 5.57 Å². The van der Waals surface area contributed by atoms with Crippen LogP contribution in [0.5, 0.6) is 0 Å². The van der Waals surface area contributed by atoms with Gasteiger partial charge in [-0.3, -0.25) is 0 Å². The number of rotatable bonds is 6. The van der Waals surface area contributed by atoms with E-state index in [1.807, 2.05) is 0 Å². The van der Waals surface area contributed by atoms with Crippen molar-refractivity contribution in [2.24, 2.45) is 0 Å². The van der Waals surface area contributed by atoms with Crippen LogP contribution in [0.2, 0.25) is 0 Å². The van der Waals surface area contributed by atoms with Crippen molar-refractivity contribution in [2.45, 2.75) is 28.4 Å². The summed E-state index contributed by atoms with van der Waals surface area (Å²) < 4.78 is 1.88. The summed E-state index contributed by atoms with van der Waals surface area (Å²) in [6, 6.07) is 1.73. The Morgan fingerprint density at radius 3 is 1.95 bits per heavy atom. The predicted molar refractivity (Wildman–Crippen MR) is 89.4 cm³/mol. The Bertz CT molecular complexity index is 469. The van der Waals surface area contributed by atoms with Gasteiger partial charge in [0.1, 0.15) is 20.1 Å². The van der Waals surface area contributed by atoms with Crippen molar-refractivity contribution < 1.29 is 9.53 Å². The molecule has 0 N–H and O–H groups in total. The molecule has 0 saturated carbocycles. The van der Waals surface area contributed by atoms with Gasteiger partial charge in [-0.15, -0.1) is 38.4 Å². The molecule has 0 aromatic carbocycles. The number of alkyl halides is 2. The molecule has 0 aliphatic heterocycles. The van der Waals surface area contributed by atoms with Gasteiger partial charge in [0.15, 0.2) is 0 Å². The van der Waals surface area contributed by atoms with E-state index in [-0.39, 0.29) is 11.1 Å². The molecule has 0 aliphatic rings. The van der Waals surface area contributed by atoms with E-state index in [4.69, 9.17) is 27.9 Å². The van der Waals surface area contributed by atoms with Crippen molar-refractivity contribution in [1.29, 1.82) is 5.26 Å². The number of nitrogens with zero attached hydrogens (tertiary/aromatic N) is 1. The zero-order valence-corrected chi connectivity index (χ0v) is 14.4. The molecule has 7 heteroatoms. The smallest absolute Gasteiger partial charge is 0.349 e. The number of carbonyl (C=O) groups is 1. The highest BCUT2D eigenvalue weighted by Crippen LogP contribution is 2.45. The van der Waals surface area contributed by atoms with E-state index in [0.717, 1.165) is 0 Å². The van der Waals surface area contributed by atoms with Crippen LogP contribution >= 0.6 is 48.5 Å². The lowest BCUT2D eigenvalue weighted by Gasteiger charge is -2.30. The first-order chi connectivity index (χ1) is 9.03. The van der Waals surface area contributed by atoms with Crippen molar-refractivity contribution in [3.63, 3.8) is 0 Å². The van der Waals surface area contributed by atoms with Crippen molar-refractivity contribution in [3.8, 4) is 6.07 Å². The summed E-state index contributed by atoms with van der Waals surface area (Å²) in [7, 11) is 0. The molecule has 0 heterocycles. The first-order valence-electron chi connectivity index (χ1n) is 5.49. The third kappa shape index (κ3) is 4.78. The van der Waals surface area contributed by atoms with Gasteiger partial charge < -0.3 is 4.74 Å². The maximum absolute atomic E-state index is 12.0. The second-order valence-corrected chi connectivity index (χ2v) is 7.20. The quantitative estimate of drug-likeness (QED) is 0.191. The van der Waals surface area contributed by atoms with Gasteiger partial charge in [-0.05, 0) is 13.8 Å². The third-order valence-electron chi connectivity index (χ3n) is 2.15. The molecule has 110 valence electrons. The standard InChI is InChI=1S/C13H15Cl2NO2S2/c1-5-12(14,19)10(13(15,20)6-2)9(7-16)11(17)18-8(3)4/h5-6,8,19-20H,1-2H2,3-4H3. The number of carbonyl (C=O) groups excluding carboxylic acids is 1. The SMILES string of the molecule is C=CC(S)(Cl)C(=C(C#N)C(=O)OC(C)C)C(S)(Cl)C=C. The number of nitriles is 1. The van der Waals surface area contributed by atoms with Crippen molar-refractivity contribution >= 4 is 54.4 Å². The normalized spacial score (nSPS) is 16.3. The van der Waals surface area contributed by atoms with Gasteiger partial charge in [-0.2, -0.15) is 5.26 Å². The molecule has 0 bridgehead atoms. The summed E-state index contributed by atoms with van der Waals surface area (Å²) in [5.41, 5.74) is -0.452. The molecule has 0 aromatic rings. The van der Waals surface area contributed by atoms with Gasteiger partial charge >= 0.3 is 5.97 Å². The van der Waals surface area contributed by atoms with Gasteiger partial charge in [0.25, 0.3) is 0 Å². The molecule has 3 nitrogen and oxygen atoms in total. The fourth-order valence-electron chi connectivity index (χ4n) is 1.28. The fraction of sp³-hybridized carbons (Fsp3) is 0.385. The Morgan fingerprint density at radius 2 is 1.70 bits per heavy atom. The van der Waals surface area contributed by atoms with E-state index in [0.29, 0.717) is 0 Å². The van der Waals surface area contributed by atoms with Crippen LogP contribution in [0, 0.1) is 11.3 Å². The van der Waals surface area contributed by atoms with Gasteiger partial charge in [-0.1, -0.05) is 35.4 Å². The highest BCUT2D eigenvalue weighted by Gasteiger charge is 2.41. The lowest BCUT2D eigenvalue weighted by molar-refractivity contribution is -0.142. The molecular weight excluding hydrogens is 337 g/mol. The lowest BCUT2D eigenvalue weighted by atomic mass is 10.00. The number of halogens is 2. The summed E-state index contributed by atoms with van der Waals surface area (Å²) in [5, 5.41) is 9.23. The zero-order chi connectivity index (χ0) is 16.1. The van der Waals surface area contributed by atoms with Gasteiger partial charge in [0.05, 0.1) is 6.10 Å². The molecule has 0 fully saturated rings. The third-order valence-corrected chi connectivity index (χ3v) is 3.65. The Morgan fingerprint density at radius 1 is 1.30 bits per heavy atom. The van der Waals surface area contributed by atoms with E-state index in [1.54, 1.807) is 19.9 Å². The second-order valence-electron chi connectivity index (χ2n) is 4.07. The minimum Gasteiger partial charge on any atom is -0.459 e. The van der Waals surface area contributed by atoms with E-state index in [2.05, 4.69) is 38.4 Å². The average Bonchev–Trinajstić information content (AvgIpc) is 2.34. The molecule has 0 rings (SSSR count). The topological polar surface area (TPSA) is 50.1 Å². The van der Waals surface area contributed by atoms with E-state index >= 15 is 0 Å². The largest absolute Gasteiger partial charge is 0.459 e. The predicted octanol–water partition coefficient (Wildman–Crippen LogP) is 3.86. The second kappa shape index (κ2) is 7.46. The zero-order valence-electron chi connectivity index (χ0n) is 11.1. The van der Waals surface area contributed by atoms with Crippen LogP contribution in [0.4, 0.5) is 0 Å². The molecular formula is C13H15Cl2NO2S2. The number of ether oxygens (including phenoxy) is 1. The van der Waals surface area contributed by atoms with Crippen molar-refractivity contribution in [1.82, 2.24) is 0 Å². The summed E-state index contributed by atoms with van der Waals surface area (Å²) in [5.74, 6) is -0.862. The van der Waals surface area contributed by atoms with Crippen LogP contribution in [0.15, 0.2) is 36.5 Å². The van der Waals surface area contributed by atoms with Crippen LogP contribution in [-0.4, -0.2) is 20.5 Å². The van der Waals surface area contributed by atoms with Crippen molar-refractivity contribution in [3.05, 3.63) is 36.5 Å². The Kier molecular flexibility index (Phi) is 7.26. The molecule has 0 radical (unpaired) electrons. The molecule has 0 amide bonds. The van der Waals surface area contributed by atoms with E-state index in [9.17, 15) is 10.1 Å². The molecule has 20 heavy (non-hydrogen) atoms. The molecule has 0 aliphatic carbocycles. The first-order valence-corrected chi connectivity index (χ1v) is 7.14. The van der Waals surface area contributed by atoms with E-state index < -0.39 is 20.5 Å². The monoisotopic (exact) mass is 351 g/mol. The summed E-state index contributed by atoms with van der Waals surface area (Å²) >= 11 is 20.6. The van der Waals surface area contributed by atoms with Crippen molar-refractivity contribution in [2.75, 3.05) is 0 Å². The van der Waals surface area contributed by atoms with Crippen LogP contribution in [0.1, 0.15) is 13.8 Å². The van der Waals surface area contributed by atoms with Crippen LogP contribution < -0.4 is 0 Å². The lowest BCUT2D eigenvalue weighted by Crippen LogP contribution is -2.31. The van der Waals surface area contributed by atoms with Crippen LogP contribution in [-0.2, 0) is 9.53 Å². The van der Waals surface area contributed by atoms with Crippen LogP contribution in [0.25, 0.3) is 0 Å². The fourth-order valence-corrected chi connectivity index (χ4v) is 2.61. The number of esters is 1. The maximum atomic E-state index is 12.0. The first kappa shape index (κ1) is 19.5. The number of thiol groups is 2. The Balaban J connectivity index is 6.24. The highest BCUT2D eigenvalue weighted by atomic mass is 35.5. The van der Waals surface area contributed by atoms with E-state index in [1.165, 1.54) is 12.2 Å².